The fourth-order valence-corrected chi connectivity index (χ4v) is 1.53. The van der Waals surface area contributed by atoms with E-state index in [4.69, 9.17) is 0 Å². The van der Waals surface area contributed by atoms with E-state index in [1.54, 1.807) is 0 Å². The Labute approximate surface area is 85.3 Å². The highest BCUT2D eigenvalue weighted by atomic mass is 15.1. The highest BCUT2D eigenvalue weighted by Gasteiger charge is 2.04. The van der Waals surface area contributed by atoms with Crippen LogP contribution in [0.5, 0.6) is 0 Å². The predicted octanol–water partition coefficient (Wildman–Crippen LogP) is 3.51. The molecule has 0 spiro atoms. The first kappa shape index (κ1) is 10.8. The zero-order valence-corrected chi connectivity index (χ0v) is 9.60. The monoisotopic (exact) mass is 190 g/mol. The molecule has 2 heteroatoms. The fourth-order valence-electron chi connectivity index (χ4n) is 1.53. The van der Waals surface area contributed by atoms with Crippen LogP contribution in [-0.2, 0) is 0 Å². The van der Waals surface area contributed by atoms with Gasteiger partial charge in [0, 0.05) is 5.39 Å². The van der Waals surface area contributed by atoms with Crippen molar-refractivity contribution in [1.29, 1.82) is 0 Å². The van der Waals surface area contributed by atoms with Gasteiger partial charge in [-0.1, -0.05) is 13.8 Å². The van der Waals surface area contributed by atoms with E-state index in [0.29, 0.717) is 0 Å². The van der Waals surface area contributed by atoms with E-state index in [1.165, 1.54) is 22.1 Å². The molecule has 0 unspecified atom stereocenters. The summed E-state index contributed by atoms with van der Waals surface area (Å²) in [6, 6.07) is 2.14. The van der Waals surface area contributed by atoms with Gasteiger partial charge in [0.2, 0.25) is 0 Å². The Morgan fingerprint density at radius 3 is 2.36 bits per heavy atom. The van der Waals surface area contributed by atoms with Crippen molar-refractivity contribution in [3.63, 3.8) is 0 Å². The lowest BCUT2D eigenvalue weighted by atomic mass is 10.0. The Kier molecular flexibility index (Phi) is 3.28. The van der Waals surface area contributed by atoms with Crippen molar-refractivity contribution in [2.24, 2.45) is 0 Å². The molecule has 14 heavy (non-hydrogen) atoms. The number of H-pyrrole nitrogens is 1. The maximum Gasteiger partial charge on any atom is 0.0655 e. The number of hydrogen-bond donors (Lipinski definition) is 1. The highest BCUT2D eigenvalue weighted by molar-refractivity contribution is 5.83. The van der Waals surface area contributed by atoms with Crippen LogP contribution < -0.4 is 0 Å². The molecule has 0 radical (unpaired) electrons. The average Bonchev–Trinajstić information content (AvgIpc) is 2.65. The summed E-state index contributed by atoms with van der Waals surface area (Å²) in [5, 5.41) is 8.23. The molecular formula is C12H18N2. The summed E-state index contributed by atoms with van der Waals surface area (Å²) in [7, 11) is 0. The molecule has 1 N–H and O–H groups in total. The first-order chi connectivity index (χ1) is 6.70. The Hall–Kier alpha value is -1.31. The lowest BCUT2D eigenvalue weighted by Crippen LogP contribution is -1.86. The molecule has 76 valence electrons. The number of benzene rings is 1. The van der Waals surface area contributed by atoms with Crippen LogP contribution in [0.3, 0.4) is 0 Å². The number of fused-ring (bicyclic) bond motifs is 1. The van der Waals surface area contributed by atoms with Crippen LogP contribution in [0.2, 0.25) is 0 Å². The summed E-state index contributed by atoms with van der Waals surface area (Å²) < 4.78 is 0. The van der Waals surface area contributed by atoms with Gasteiger partial charge in [-0.15, -0.1) is 0 Å². The Morgan fingerprint density at radius 2 is 1.71 bits per heavy atom. The normalized spacial score (nSPS) is 9.79. The molecule has 2 aromatic rings. The van der Waals surface area contributed by atoms with E-state index in [2.05, 4.69) is 37.0 Å². The summed E-state index contributed by atoms with van der Waals surface area (Å²) in [6.07, 6.45) is 1.89. The minimum Gasteiger partial charge on any atom is -0.278 e. The van der Waals surface area contributed by atoms with Gasteiger partial charge in [-0.3, -0.25) is 5.10 Å². The lowest BCUT2D eigenvalue weighted by Gasteiger charge is -2.04. The van der Waals surface area contributed by atoms with Gasteiger partial charge in [-0.05, 0) is 43.5 Å². The van der Waals surface area contributed by atoms with Crippen LogP contribution in [0.4, 0.5) is 0 Å². The van der Waals surface area contributed by atoms with Gasteiger partial charge in [0.05, 0.1) is 11.7 Å². The van der Waals surface area contributed by atoms with Crippen molar-refractivity contribution in [2.75, 3.05) is 0 Å². The van der Waals surface area contributed by atoms with Crippen molar-refractivity contribution in [3.05, 3.63) is 29.0 Å². The number of hydrogen-bond acceptors (Lipinski definition) is 1. The summed E-state index contributed by atoms with van der Waals surface area (Å²) >= 11 is 0. The highest BCUT2D eigenvalue weighted by Crippen LogP contribution is 2.22. The molecule has 2 rings (SSSR count). The Balaban J connectivity index is 0.000000461. The number of aromatic nitrogens is 2. The molecule has 0 amide bonds. The third-order valence-corrected chi connectivity index (χ3v) is 2.59. The molecule has 0 bridgehead atoms. The van der Waals surface area contributed by atoms with E-state index >= 15 is 0 Å². The number of nitrogens with one attached hydrogen (secondary N) is 1. The molecule has 0 aliphatic heterocycles. The molecule has 0 atom stereocenters. The van der Waals surface area contributed by atoms with Crippen LogP contribution in [0.25, 0.3) is 10.9 Å². The maximum absolute atomic E-state index is 4.02. The standard InChI is InChI=1S/C10H12N2.C2H6/c1-6-4-10-9(5-11-12-10)8(3)7(6)2;1-2/h4-5H,1-3H3,(H,11,12);1-2H3. The zero-order valence-electron chi connectivity index (χ0n) is 9.60. The third kappa shape index (κ3) is 1.65. The van der Waals surface area contributed by atoms with Crippen molar-refractivity contribution in [1.82, 2.24) is 10.2 Å². The molecule has 0 aliphatic carbocycles. The third-order valence-electron chi connectivity index (χ3n) is 2.59. The van der Waals surface area contributed by atoms with Gasteiger partial charge in [0.15, 0.2) is 0 Å². The Bertz CT molecular complexity index is 427. The van der Waals surface area contributed by atoms with Crippen molar-refractivity contribution < 1.29 is 0 Å². The van der Waals surface area contributed by atoms with Gasteiger partial charge in [0.25, 0.3) is 0 Å². The molecule has 0 saturated carbocycles. The van der Waals surface area contributed by atoms with E-state index in [1.807, 2.05) is 20.0 Å². The minimum absolute atomic E-state index is 1.13. The SMILES string of the molecule is CC.Cc1cc2[nH]ncc2c(C)c1C. The largest absolute Gasteiger partial charge is 0.278 e. The first-order valence-corrected chi connectivity index (χ1v) is 5.10. The zero-order chi connectivity index (χ0) is 10.7. The second-order valence-corrected chi connectivity index (χ2v) is 3.27. The van der Waals surface area contributed by atoms with Crippen LogP contribution in [0.15, 0.2) is 12.3 Å². The topological polar surface area (TPSA) is 28.7 Å². The predicted molar refractivity (Wildman–Crippen MR) is 61.7 cm³/mol. The van der Waals surface area contributed by atoms with E-state index in [9.17, 15) is 0 Å². The van der Waals surface area contributed by atoms with Gasteiger partial charge in [-0.25, -0.2) is 0 Å². The molecule has 1 heterocycles. The van der Waals surface area contributed by atoms with Crippen molar-refractivity contribution in [3.8, 4) is 0 Å². The van der Waals surface area contributed by atoms with Crippen molar-refractivity contribution in [2.45, 2.75) is 34.6 Å². The van der Waals surface area contributed by atoms with E-state index in [0.717, 1.165) is 5.52 Å². The summed E-state index contributed by atoms with van der Waals surface area (Å²) in [4.78, 5) is 0. The van der Waals surface area contributed by atoms with Crippen molar-refractivity contribution >= 4 is 10.9 Å². The molecular weight excluding hydrogens is 172 g/mol. The van der Waals surface area contributed by atoms with Gasteiger partial charge in [0.1, 0.15) is 0 Å². The van der Waals surface area contributed by atoms with Crippen LogP contribution >= 0.6 is 0 Å². The molecule has 1 aromatic carbocycles. The Morgan fingerprint density at radius 1 is 1.07 bits per heavy atom. The van der Waals surface area contributed by atoms with E-state index in [-0.39, 0.29) is 0 Å². The van der Waals surface area contributed by atoms with Crippen LogP contribution in [0, 0.1) is 20.8 Å². The summed E-state index contributed by atoms with van der Waals surface area (Å²) in [5.41, 5.74) is 5.16. The molecule has 1 aromatic heterocycles. The van der Waals surface area contributed by atoms with Crippen LogP contribution in [-0.4, -0.2) is 10.2 Å². The number of rotatable bonds is 0. The second kappa shape index (κ2) is 4.27. The molecule has 0 saturated heterocycles. The minimum atomic E-state index is 1.13. The number of aryl methyl sites for hydroxylation is 2. The van der Waals surface area contributed by atoms with Gasteiger partial charge >= 0.3 is 0 Å². The molecule has 0 fully saturated rings. The van der Waals surface area contributed by atoms with Gasteiger partial charge in [-0.2, -0.15) is 5.10 Å². The summed E-state index contributed by atoms with van der Waals surface area (Å²) in [5.74, 6) is 0. The molecule has 2 nitrogen and oxygen atoms in total. The van der Waals surface area contributed by atoms with E-state index < -0.39 is 0 Å². The number of aromatic amines is 1. The molecule has 0 aliphatic rings. The second-order valence-electron chi connectivity index (χ2n) is 3.27. The summed E-state index contributed by atoms with van der Waals surface area (Å²) in [6.45, 7) is 10.4. The smallest absolute Gasteiger partial charge is 0.0655 e. The van der Waals surface area contributed by atoms with Gasteiger partial charge < -0.3 is 0 Å². The van der Waals surface area contributed by atoms with Crippen LogP contribution in [0.1, 0.15) is 30.5 Å². The number of nitrogens with zero attached hydrogens (tertiary/aromatic N) is 1. The average molecular weight is 190 g/mol. The maximum atomic E-state index is 4.02. The quantitative estimate of drug-likeness (QED) is 0.676. The first-order valence-electron chi connectivity index (χ1n) is 5.10. The lowest BCUT2D eigenvalue weighted by molar-refractivity contribution is 1.12. The fraction of sp³-hybridized carbons (Fsp3) is 0.417.